The quantitative estimate of drug-likeness (QED) is 0.522. The van der Waals surface area contributed by atoms with Crippen molar-refractivity contribution in [1.29, 1.82) is 0 Å². The molecule has 0 aliphatic heterocycles. The zero-order valence-electron chi connectivity index (χ0n) is 17.6. The Balaban J connectivity index is 2.71. The molecule has 0 heterocycles. The van der Waals surface area contributed by atoms with Crippen molar-refractivity contribution in [3.63, 3.8) is 0 Å². The molecule has 0 N–H and O–H groups in total. The number of carbonyl (C=O) groups excluding carboxylic acids is 2. The van der Waals surface area contributed by atoms with E-state index in [0.29, 0.717) is 9.87 Å². The molecule has 0 fully saturated rings. The van der Waals surface area contributed by atoms with Crippen LogP contribution in [0.3, 0.4) is 0 Å². The van der Waals surface area contributed by atoms with Gasteiger partial charge < -0.3 is 9.47 Å². The van der Waals surface area contributed by atoms with Crippen molar-refractivity contribution in [2.24, 2.45) is 0 Å². The summed E-state index contributed by atoms with van der Waals surface area (Å²) in [5, 5.41) is 0. The highest BCUT2D eigenvalue weighted by molar-refractivity contribution is 7.89. The van der Waals surface area contributed by atoms with Gasteiger partial charge in [-0.3, -0.25) is 0 Å². The van der Waals surface area contributed by atoms with Crippen LogP contribution in [0.2, 0.25) is 0 Å². The summed E-state index contributed by atoms with van der Waals surface area (Å²) in [7, 11) is -3.37. The molecular weight excluding hydrogens is 406 g/mol. The van der Waals surface area contributed by atoms with Crippen LogP contribution in [0.5, 0.6) is 0 Å². The second kappa shape index (κ2) is 9.13. The van der Waals surface area contributed by atoms with E-state index < -0.39 is 33.4 Å². The molecule has 30 heavy (non-hydrogen) atoms. The maximum atomic E-state index is 13.4. The van der Waals surface area contributed by atoms with E-state index in [4.69, 9.17) is 9.47 Å². The van der Waals surface area contributed by atoms with E-state index in [1.165, 1.54) is 18.2 Å². The molecule has 2 aromatic carbocycles. The first-order chi connectivity index (χ1) is 14.0. The van der Waals surface area contributed by atoms with Gasteiger partial charge in [-0.1, -0.05) is 48.0 Å². The van der Waals surface area contributed by atoms with Gasteiger partial charge in [0.2, 0.25) is 0 Å². The summed E-state index contributed by atoms with van der Waals surface area (Å²) < 4.78 is 37.2. The summed E-state index contributed by atoms with van der Waals surface area (Å²) in [6.45, 7) is 6.60. The third-order valence-corrected chi connectivity index (χ3v) is 5.53. The Hall–Kier alpha value is -3.13. The van der Waals surface area contributed by atoms with Gasteiger partial charge >= 0.3 is 12.1 Å². The van der Waals surface area contributed by atoms with Gasteiger partial charge in [0.15, 0.2) is 0 Å². The zero-order chi connectivity index (χ0) is 22.5. The van der Waals surface area contributed by atoms with E-state index in [0.717, 1.165) is 12.7 Å². The lowest BCUT2D eigenvalue weighted by molar-refractivity contribution is -0.137. The monoisotopic (exact) mass is 431 g/mol. The molecule has 0 aliphatic rings. The number of rotatable bonds is 5. The number of ether oxygens (including phenoxy) is 2. The fourth-order valence-electron chi connectivity index (χ4n) is 2.46. The first-order valence-electron chi connectivity index (χ1n) is 9.16. The van der Waals surface area contributed by atoms with Crippen LogP contribution in [0, 0.1) is 6.92 Å². The molecular formula is C22H25NO6S. The normalized spacial score (nSPS) is 12.2. The van der Waals surface area contributed by atoms with Gasteiger partial charge in [-0.05, 0) is 51.5 Å². The van der Waals surface area contributed by atoms with E-state index in [2.05, 4.69) is 0 Å². The summed E-state index contributed by atoms with van der Waals surface area (Å²) in [6.07, 6.45) is 0.0530. The minimum absolute atomic E-state index is 0.165. The van der Waals surface area contributed by atoms with Gasteiger partial charge in [0.25, 0.3) is 10.0 Å². The Morgan fingerprint density at radius 2 is 1.53 bits per heavy atom. The predicted molar refractivity (Wildman–Crippen MR) is 113 cm³/mol. The molecule has 2 rings (SSSR count). The second-order valence-electron chi connectivity index (χ2n) is 7.49. The molecule has 0 atom stereocenters. The Labute approximate surface area is 177 Å². The van der Waals surface area contributed by atoms with Crippen LogP contribution in [0.15, 0.2) is 65.2 Å². The number of hydrogen-bond donors (Lipinski definition) is 0. The summed E-state index contributed by atoms with van der Waals surface area (Å²) >= 11 is 0. The maximum Gasteiger partial charge on any atom is 0.429 e. The van der Waals surface area contributed by atoms with Gasteiger partial charge in [-0.25, -0.2) is 18.0 Å². The molecule has 0 bridgehead atoms. The molecule has 8 heteroatoms. The molecule has 0 saturated carbocycles. The minimum Gasteiger partial charge on any atom is -0.464 e. The first-order valence-corrected chi connectivity index (χ1v) is 10.6. The number of esters is 1. The molecule has 0 aliphatic carbocycles. The SMILES string of the molecule is COC(=O)/C(=C\c1ccccc1)N(C(=O)OC(C)(C)C)S(=O)(=O)c1ccc(C)cc1. The summed E-state index contributed by atoms with van der Waals surface area (Å²) in [6, 6.07) is 14.4. The fraction of sp³-hybridized carbons (Fsp3) is 0.273. The van der Waals surface area contributed by atoms with E-state index in [1.54, 1.807) is 70.2 Å². The lowest BCUT2D eigenvalue weighted by atomic mass is 10.2. The van der Waals surface area contributed by atoms with Gasteiger partial charge in [0.1, 0.15) is 11.3 Å². The molecule has 160 valence electrons. The van der Waals surface area contributed by atoms with Crippen LogP contribution < -0.4 is 0 Å². The van der Waals surface area contributed by atoms with Crippen LogP contribution in [0.4, 0.5) is 4.79 Å². The Morgan fingerprint density at radius 3 is 2.03 bits per heavy atom. The van der Waals surface area contributed by atoms with Crippen molar-refractivity contribution in [3.05, 3.63) is 71.4 Å². The van der Waals surface area contributed by atoms with E-state index >= 15 is 0 Å². The lowest BCUT2D eigenvalue weighted by Gasteiger charge is -2.27. The van der Waals surface area contributed by atoms with E-state index in [-0.39, 0.29) is 4.90 Å². The molecule has 7 nitrogen and oxygen atoms in total. The smallest absolute Gasteiger partial charge is 0.429 e. The van der Waals surface area contributed by atoms with E-state index in [9.17, 15) is 18.0 Å². The number of carbonyl (C=O) groups is 2. The van der Waals surface area contributed by atoms with Crippen molar-refractivity contribution in [3.8, 4) is 0 Å². The number of aryl methyl sites for hydroxylation is 1. The largest absolute Gasteiger partial charge is 0.464 e. The number of benzene rings is 2. The van der Waals surface area contributed by atoms with Crippen molar-refractivity contribution in [2.45, 2.75) is 38.2 Å². The van der Waals surface area contributed by atoms with Gasteiger partial charge in [-0.15, -0.1) is 0 Å². The highest BCUT2D eigenvalue weighted by atomic mass is 32.2. The maximum absolute atomic E-state index is 13.4. The number of hydrogen-bond acceptors (Lipinski definition) is 6. The topological polar surface area (TPSA) is 90.0 Å². The summed E-state index contributed by atoms with van der Waals surface area (Å²) in [5.74, 6) is -1.000. The molecule has 0 spiro atoms. The van der Waals surface area contributed by atoms with Gasteiger partial charge in [0, 0.05) is 0 Å². The van der Waals surface area contributed by atoms with Crippen molar-refractivity contribution in [2.75, 3.05) is 7.11 Å². The fourth-order valence-corrected chi connectivity index (χ4v) is 3.77. The third-order valence-electron chi connectivity index (χ3n) is 3.83. The van der Waals surface area contributed by atoms with Crippen molar-refractivity contribution < 1.29 is 27.5 Å². The van der Waals surface area contributed by atoms with Crippen LogP contribution in [-0.2, 0) is 24.3 Å². The Bertz CT molecular complexity index is 1040. The van der Waals surface area contributed by atoms with Crippen molar-refractivity contribution in [1.82, 2.24) is 4.31 Å². The highest BCUT2D eigenvalue weighted by Gasteiger charge is 2.39. The van der Waals surface area contributed by atoms with Gasteiger partial charge in [-0.2, -0.15) is 4.31 Å². The summed E-state index contributed by atoms with van der Waals surface area (Å²) in [4.78, 5) is 25.4. The molecule has 0 saturated heterocycles. The number of amides is 1. The average molecular weight is 432 g/mol. The molecule has 0 unspecified atom stereocenters. The first kappa shape index (κ1) is 23.2. The van der Waals surface area contributed by atoms with Gasteiger partial charge in [0.05, 0.1) is 12.0 Å². The number of sulfonamides is 1. The highest BCUT2D eigenvalue weighted by Crippen LogP contribution is 2.26. The standard InChI is InChI=1S/C22H25NO6S/c1-16-11-13-18(14-12-16)30(26,27)23(21(25)29-22(2,3)4)19(20(24)28-5)15-17-9-7-6-8-10-17/h6-15H,1-5H3/b19-15+. The summed E-state index contributed by atoms with van der Waals surface area (Å²) in [5.41, 5.74) is -0.138. The lowest BCUT2D eigenvalue weighted by Crippen LogP contribution is -2.42. The number of methoxy groups -OCH3 is 1. The molecule has 0 radical (unpaired) electrons. The molecule has 0 aromatic heterocycles. The van der Waals surface area contributed by atoms with Crippen LogP contribution >= 0.6 is 0 Å². The van der Waals surface area contributed by atoms with Crippen LogP contribution in [0.25, 0.3) is 6.08 Å². The predicted octanol–water partition coefficient (Wildman–Crippen LogP) is 4.13. The van der Waals surface area contributed by atoms with Crippen molar-refractivity contribution >= 4 is 28.2 Å². The third kappa shape index (κ3) is 5.70. The van der Waals surface area contributed by atoms with E-state index in [1.807, 2.05) is 0 Å². The zero-order valence-corrected chi connectivity index (χ0v) is 18.4. The Morgan fingerprint density at radius 1 is 0.967 bits per heavy atom. The Kier molecular flexibility index (Phi) is 7.04. The average Bonchev–Trinajstić information content (AvgIpc) is 2.66. The second-order valence-corrected chi connectivity index (χ2v) is 9.28. The molecule has 1 amide bonds. The number of nitrogens with zero attached hydrogens (tertiary/aromatic N) is 1. The van der Waals surface area contributed by atoms with Crippen LogP contribution in [0.1, 0.15) is 31.9 Å². The minimum atomic E-state index is -4.47. The van der Waals surface area contributed by atoms with Crippen LogP contribution in [-0.4, -0.2) is 37.5 Å². The molecule has 2 aromatic rings.